The number of nitrogens with one attached hydrogen (secondary N) is 1. The molecule has 1 aromatic heterocycles. The number of hydrogen-bond donors (Lipinski definition) is 2. The number of hydrogen-bond acceptors (Lipinski definition) is 4. The Morgan fingerprint density at radius 2 is 2.28 bits per heavy atom. The molecule has 0 aliphatic heterocycles. The molecule has 0 aliphatic rings. The van der Waals surface area contributed by atoms with Crippen LogP contribution in [0.1, 0.15) is 30.6 Å². The lowest BCUT2D eigenvalue weighted by Gasteiger charge is -2.14. The number of rotatable bonds is 6. The van der Waals surface area contributed by atoms with Crippen LogP contribution in [0.2, 0.25) is 0 Å². The summed E-state index contributed by atoms with van der Waals surface area (Å²) < 4.78 is 5.01. The average Bonchev–Trinajstić information content (AvgIpc) is 2.38. The molecule has 0 bridgehead atoms. The van der Waals surface area contributed by atoms with Crippen LogP contribution in [0.3, 0.4) is 0 Å². The van der Waals surface area contributed by atoms with Gasteiger partial charge in [-0.2, -0.15) is 0 Å². The highest BCUT2D eigenvalue weighted by atomic mass is 16.5. The van der Waals surface area contributed by atoms with E-state index in [1.165, 1.54) is 7.11 Å². The fraction of sp³-hybridized carbons (Fsp3) is 0.538. The van der Waals surface area contributed by atoms with Crippen molar-refractivity contribution >= 4 is 5.91 Å². The number of carbonyl (C=O) groups is 1. The van der Waals surface area contributed by atoms with Crippen LogP contribution in [-0.2, 0) is 0 Å². The minimum Gasteiger partial charge on any atom is -0.480 e. The molecule has 1 atom stereocenters. The van der Waals surface area contributed by atoms with E-state index in [9.17, 15) is 9.90 Å². The molecule has 1 rings (SSSR count). The molecular formula is C13H20N2O3. The summed E-state index contributed by atoms with van der Waals surface area (Å²) in [5, 5.41) is 12.4. The van der Waals surface area contributed by atoms with Gasteiger partial charge >= 0.3 is 0 Å². The van der Waals surface area contributed by atoms with Crippen molar-refractivity contribution in [1.29, 1.82) is 0 Å². The summed E-state index contributed by atoms with van der Waals surface area (Å²) in [5.41, 5.74) is 0.402. The first-order valence-electron chi connectivity index (χ1n) is 6.01. The van der Waals surface area contributed by atoms with Crippen LogP contribution in [-0.4, -0.2) is 35.8 Å². The zero-order chi connectivity index (χ0) is 13.5. The van der Waals surface area contributed by atoms with E-state index in [-0.39, 0.29) is 11.8 Å². The van der Waals surface area contributed by atoms with E-state index in [2.05, 4.69) is 10.3 Å². The quantitative estimate of drug-likeness (QED) is 0.798. The monoisotopic (exact) mass is 252 g/mol. The van der Waals surface area contributed by atoms with Gasteiger partial charge in [0.1, 0.15) is 5.56 Å². The van der Waals surface area contributed by atoms with Gasteiger partial charge in [0, 0.05) is 12.7 Å². The predicted molar refractivity (Wildman–Crippen MR) is 68.6 cm³/mol. The Balaban J connectivity index is 2.50. The van der Waals surface area contributed by atoms with Gasteiger partial charge < -0.3 is 15.2 Å². The van der Waals surface area contributed by atoms with E-state index in [0.717, 1.165) is 0 Å². The molecule has 0 fully saturated rings. The first-order valence-corrected chi connectivity index (χ1v) is 6.01. The fourth-order valence-electron chi connectivity index (χ4n) is 1.49. The van der Waals surface area contributed by atoms with Crippen LogP contribution >= 0.6 is 0 Å². The topological polar surface area (TPSA) is 71.5 Å². The molecule has 1 amide bonds. The SMILES string of the molecule is COc1ncccc1C(=O)NCCC(O)C(C)C. The summed E-state index contributed by atoms with van der Waals surface area (Å²) in [6.07, 6.45) is 1.70. The van der Waals surface area contributed by atoms with Gasteiger partial charge in [-0.1, -0.05) is 13.8 Å². The van der Waals surface area contributed by atoms with Crippen LogP contribution in [0.15, 0.2) is 18.3 Å². The van der Waals surface area contributed by atoms with Gasteiger partial charge in [0.2, 0.25) is 5.88 Å². The Bertz CT molecular complexity index is 394. The summed E-state index contributed by atoms with van der Waals surface area (Å²) in [4.78, 5) is 15.8. The Kier molecular flexibility index (Phi) is 5.58. The Hall–Kier alpha value is -1.62. The third kappa shape index (κ3) is 4.00. The predicted octanol–water partition coefficient (Wildman–Crippen LogP) is 1.23. The molecule has 5 heteroatoms. The molecule has 0 spiro atoms. The van der Waals surface area contributed by atoms with Crippen LogP contribution in [0.5, 0.6) is 5.88 Å². The summed E-state index contributed by atoms with van der Waals surface area (Å²) in [6.45, 7) is 4.31. The van der Waals surface area contributed by atoms with Gasteiger partial charge in [-0.05, 0) is 24.5 Å². The second kappa shape index (κ2) is 6.96. The van der Waals surface area contributed by atoms with Crippen molar-refractivity contribution in [1.82, 2.24) is 10.3 Å². The molecule has 1 heterocycles. The molecular weight excluding hydrogens is 232 g/mol. The van der Waals surface area contributed by atoms with E-state index < -0.39 is 6.10 Å². The van der Waals surface area contributed by atoms with Gasteiger partial charge in [0.05, 0.1) is 13.2 Å². The third-order valence-corrected chi connectivity index (χ3v) is 2.70. The molecule has 0 aromatic carbocycles. The number of aromatic nitrogens is 1. The lowest BCUT2D eigenvalue weighted by molar-refractivity contribution is 0.0917. The van der Waals surface area contributed by atoms with Gasteiger partial charge in [-0.15, -0.1) is 0 Å². The van der Waals surface area contributed by atoms with Gasteiger partial charge in [0.15, 0.2) is 0 Å². The highest BCUT2D eigenvalue weighted by Gasteiger charge is 2.13. The van der Waals surface area contributed by atoms with E-state index >= 15 is 0 Å². The molecule has 0 aliphatic carbocycles. The molecule has 0 saturated heterocycles. The molecule has 0 saturated carbocycles. The van der Waals surface area contributed by atoms with Crippen molar-refractivity contribution in [2.75, 3.05) is 13.7 Å². The normalized spacial score (nSPS) is 12.3. The smallest absolute Gasteiger partial charge is 0.256 e. The maximum atomic E-state index is 11.9. The average molecular weight is 252 g/mol. The number of aliphatic hydroxyl groups is 1. The van der Waals surface area contributed by atoms with E-state index in [4.69, 9.17) is 4.74 Å². The fourth-order valence-corrected chi connectivity index (χ4v) is 1.49. The minimum atomic E-state index is -0.402. The van der Waals surface area contributed by atoms with Gasteiger partial charge in [-0.3, -0.25) is 4.79 Å². The van der Waals surface area contributed by atoms with Crippen molar-refractivity contribution < 1.29 is 14.6 Å². The van der Waals surface area contributed by atoms with Crippen LogP contribution in [0.25, 0.3) is 0 Å². The maximum absolute atomic E-state index is 11.9. The minimum absolute atomic E-state index is 0.190. The second-order valence-electron chi connectivity index (χ2n) is 4.42. The Morgan fingerprint density at radius 1 is 1.56 bits per heavy atom. The Morgan fingerprint density at radius 3 is 2.89 bits per heavy atom. The zero-order valence-corrected chi connectivity index (χ0v) is 11.0. The number of ether oxygens (including phenoxy) is 1. The molecule has 100 valence electrons. The number of pyridine rings is 1. The lowest BCUT2D eigenvalue weighted by Crippen LogP contribution is -2.29. The highest BCUT2D eigenvalue weighted by molar-refractivity contribution is 5.96. The summed E-state index contributed by atoms with van der Waals surface area (Å²) in [7, 11) is 1.47. The summed E-state index contributed by atoms with van der Waals surface area (Å²) in [5.74, 6) is 0.255. The molecule has 0 radical (unpaired) electrons. The first kappa shape index (κ1) is 14.4. The number of amides is 1. The van der Waals surface area contributed by atoms with Crippen molar-refractivity contribution in [3.8, 4) is 5.88 Å². The van der Waals surface area contributed by atoms with Crippen molar-refractivity contribution in [2.24, 2.45) is 5.92 Å². The first-order chi connectivity index (χ1) is 8.56. The van der Waals surface area contributed by atoms with Crippen LogP contribution in [0, 0.1) is 5.92 Å². The molecule has 18 heavy (non-hydrogen) atoms. The second-order valence-corrected chi connectivity index (χ2v) is 4.42. The van der Waals surface area contributed by atoms with Gasteiger partial charge in [0.25, 0.3) is 5.91 Å². The molecule has 1 aromatic rings. The van der Waals surface area contributed by atoms with E-state index in [1.807, 2.05) is 13.8 Å². The molecule has 1 unspecified atom stereocenters. The van der Waals surface area contributed by atoms with E-state index in [0.29, 0.717) is 24.4 Å². The Labute approximate surface area is 107 Å². The number of carbonyl (C=O) groups excluding carboxylic acids is 1. The standard InChI is InChI=1S/C13H20N2O3/c1-9(2)11(16)6-8-14-12(17)10-5-4-7-15-13(10)18-3/h4-5,7,9,11,16H,6,8H2,1-3H3,(H,14,17). The highest BCUT2D eigenvalue weighted by Crippen LogP contribution is 2.13. The van der Waals surface area contributed by atoms with Crippen molar-refractivity contribution in [2.45, 2.75) is 26.4 Å². The maximum Gasteiger partial charge on any atom is 0.256 e. The lowest BCUT2D eigenvalue weighted by atomic mass is 10.0. The number of aliphatic hydroxyl groups excluding tert-OH is 1. The summed E-state index contributed by atoms with van der Waals surface area (Å²) >= 11 is 0. The molecule has 5 nitrogen and oxygen atoms in total. The van der Waals surface area contributed by atoms with Gasteiger partial charge in [-0.25, -0.2) is 4.98 Å². The van der Waals surface area contributed by atoms with E-state index in [1.54, 1.807) is 18.3 Å². The third-order valence-electron chi connectivity index (χ3n) is 2.70. The van der Waals surface area contributed by atoms with Crippen molar-refractivity contribution in [3.05, 3.63) is 23.9 Å². The van der Waals surface area contributed by atoms with Crippen molar-refractivity contribution in [3.63, 3.8) is 0 Å². The molecule has 2 N–H and O–H groups in total. The summed E-state index contributed by atoms with van der Waals surface area (Å²) in [6, 6.07) is 3.33. The number of methoxy groups -OCH3 is 1. The van der Waals surface area contributed by atoms with Crippen LogP contribution < -0.4 is 10.1 Å². The largest absolute Gasteiger partial charge is 0.480 e. The zero-order valence-electron chi connectivity index (χ0n) is 11.0. The number of nitrogens with zero attached hydrogens (tertiary/aromatic N) is 1. The van der Waals surface area contributed by atoms with Crippen LogP contribution in [0.4, 0.5) is 0 Å².